The van der Waals surface area contributed by atoms with Crippen LogP contribution in [0.3, 0.4) is 0 Å². The van der Waals surface area contributed by atoms with E-state index < -0.39 is 0 Å². The summed E-state index contributed by atoms with van der Waals surface area (Å²) in [6.45, 7) is 1.03. The first-order valence-electron chi connectivity index (χ1n) is 5.25. The van der Waals surface area contributed by atoms with Gasteiger partial charge >= 0.3 is 0 Å². The smallest absolute Gasteiger partial charge is 0.0569 e. The van der Waals surface area contributed by atoms with Crippen molar-refractivity contribution in [1.29, 1.82) is 0 Å². The molecule has 1 atom stereocenters. The van der Waals surface area contributed by atoms with E-state index in [9.17, 15) is 5.11 Å². The molecule has 0 saturated carbocycles. The summed E-state index contributed by atoms with van der Waals surface area (Å²) in [6.07, 6.45) is 4.45. The quantitative estimate of drug-likeness (QED) is 0.664. The molecular weight excluding hydrogens is 182 g/mol. The molecule has 0 aliphatic carbocycles. The Kier molecular flexibility index (Phi) is 5.83. The van der Waals surface area contributed by atoms with Gasteiger partial charge in [-0.25, -0.2) is 0 Å². The first-order valence-corrected chi connectivity index (χ1v) is 6.40. The van der Waals surface area contributed by atoms with Crippen molar-refractivity contribution in [2.45, 2.75) is 31.8 Å². The molecule has 0 spiro atoms. The average Bonchev–Trinajstić information content (AvgIpc) is 2.19. The first-order chi connectivity index (χ1) is 6.34. The van der Waals surface area contributed by atoms with Gasteiger partial charge in [-0.3, -0.25) is 0 Å². The van der Waals surface area contributed by atoms with Crippen LogP contribution in [-0.4, -0.2) is 36.3 Å². The van der Waals surface area contributed by atoms with Crippen molar-refractivity contribution >= 4 is 11.8 Å². The Balaban J connectivity index is 2.09. The highest BCUT2D eigenvalue weighted by Crippen LogP contribution is 2.26. The van der Waals surface area contributed by atoms with Gasteiger partial charge in [0, 0.05) is 0 Å². The lowest BCUT2D eigenvalue weighted by Gasteiger charge is -2.26. The third kappa shape index (κ3) is 4.34. The molecule has 13 heavy (non-hydrogen) atoms. The highest BCUT2D eigenvalue weighted by Gasteiger charge is 2.20. The van der Waals surface area contributed by atoms with Crippen LogP contribution >= 0.6 is 11.8 Å². The second-order valence-corrected chi connectivity index (χ2v) is 4.99. The van der Waals surface area contributed by atoms with E-state index >= 15 is 0 Å². The fourth-order valence-corrected chi connectivity index (χ4v) is 2.97. The summed E-state index contributed by atoms with van der Waals surface area (Å²) in [5.74, 6) is 3.07. The third-order valence-electron chi connectivity index (χ3n) is 2.74. The summed E-state index contributed by atoms with van der Waals surface area (Å²) in [6, 6.07) is 0. The van der Waals surface area contributed by atoms with Crippen molar-refractivity contribution in [2.75, 3.05) is 25.1 Å². The van der Waals surface area contributed by atoms with Crippen LogP contribution in [0.2, 0.25) is 0 Å². The third-order valence-corrected chi connectivity index (χ3v) is 3.79. The molecule has 0 radical (unpaired) electrons. The number of thioether (sulfide) groups is 1. The van der Waals surface area contributed by atoms with Crippen LogP contribution in [0.5, 0.6) is 0 Å². The molecule has 0 aromatic carbocycles. The maximum Gasteiger partial charge on any atom is 0.0569 e. The van der Waals surface area contributed by atoms with Crippen molar-refractivity contribution in [3.63, 3.8) is 0 Å². The molecule has 1 fully saturated rings. The van der Waals surface area contributed by atoms with Crippen LogP contribution in [-0.2, 0) is 0 Å². The summed E-state index contributed by atoms with van der Waals surface area (Å²) < 4.78 is 0. The average molecular weight is 203 g/mol. The Morgan fingerprint density at radius 2 is 2.15 bits per heavy atom. The predicted molar refractivity (Wildman–Crippen MR) is 59.2 cm³/mol. The van der Waals surface area contributed by atoms with E-state index in [0.29, 0.717) is 5.92 Å². The first kappa shape index (κ1) is 11.3. The van der Waals surface area contributed by atoms with Crippen LogP contribution < -0.4 is 5.32 Å². The van der Waals surface area contributed by atoms with Crippen LogP contribution in [0, 0.1) is 5.92 Å². The van der Waals surface area contributed by atoms with E-state index in [0.717, 1.165) is 19.4 Å². The molecule has 1 aliphatic heterocycles. The van der Waals surface area contributed by atoms with E-state index in [-0.39, 0.29) is 6.10 Å². The molecule has 0 bridgehead atoms. The number of hydrogen-bond acceptors (Lipinski definition) is 3. The highest BCUT2D eigenvalue weighted by atomic mass is 32.2. The molecule has 2 N–H and O–H groups in total. The number of nitrogens with one attached hydrogen (secondary N) is 1. The minimum atomic E-state index is -0.0470. The molecule has 1 aliphatic rings. The summed E-state index contributed by atoms with van der Waals surface area (Å²) in [5.41, 5.74) is 0. The molecule has 0 amide bonds. The molecule has 0 aromatic rings. The largest absolute Gasteiger partial charge is 0.393 e. The number of aliphatic hydroxyl groups is 1. The Morgan fingerprint density at radius 3 is 2.77 bits per heavy atom. The van der Waals surface area contributed by atoms with Gasteiger partial charge in [0.05, 0.1) is 6.10 Å². The SMILES string of the molecule is CNCCCC(O)C1CCSCC1. The lowest BCUT2D eigenvalue weighted by atomic mass is 9.93. The van der Waals surface area contributed by atoms with Crippen molar-refractivity contribution in [2.24, 2.45) is 5.92 Å². The number of rotatable bonds is 5. The predicted octanol–water partition coefficient (Wildman–Crippen LogP) is 1.49. The van der Waals surface area contributed by atoms with E-state index in [1.807, 2.05) is 18.8 Å². The number of aliphatic hydroxyl groups excluding tert-OH is 1. The minimum Gasteiger partial charge on any atom is -0.393 e. The Morgan fingerprint density at radius 1 is 1.46 bits per heavy atom. The molecule has 1 rings (SSSR count). The van der Waals surface area contributed by atoms with Gasteiger partial charge in [0.2, 0.25) is 0 Å². The summed E-state index contributed by atoms with van der Waals surface area (Å²) >= 11 is 2.02. The van der Waals surface area contributed by atoms with E-state index in [1.54, 1.807) is 0 Å². The number of hydrogen-bond donors (Lipinski definition) is 2. The molecular formula is C10H21NOS. The van der Waals surface area contributed by atoms with Crippen molar-refractivity contribution in [3.05, 3.63) is 0 Å². The van der Waals surface area contributed by atoms with Crippen molar-refractivity contribution < 1.29 is 5.11 Å². The zero-order valence-corrected chi connectivity index (χ0v) is 9.28. The second-order valence-electron chi connectivity index (χ2n) is 3.76. The normalized spacial score (nSPS) is 21.7. The van der Waals surface area contributed by atoms with Crippen LogP contribution in [0.25, 0.3) is 0 Å². The zero-order valence-electron chi connectivity index (χ0n) is 8.46. The van der Waals surface area contributed by atoms with Crippen LogP contribution in [0.1, 0.15) is 25.7 Å². The standard InChI is InChI=1S/C10H21NOS/c1-11-6-2-3-10(12)9-4-7-13-8-5-9/h9-12H,2-8H2,1H3. The summed E-state index contributed by atoms with van der Waals surface area (Å²) in [4.78, 5) is 0. The van der Waals surface area contributed by atoms with Gasteiger partial charge in [0.15, 0.2) is 0 Å². The van der Waals surface area contributed by atoms with Gasteiger partial charge in [-0.05, 0) is 56.7 Å². The van der Waals surface area contributed by atoms with Gasteiger partial charge in [-0.15, -0.1) is 0 Å². The minimum absolute atomic E-state index is 0.0470. The molecule has 0 aromatic heterocycles. The van der Waals surface area contributed by atoms with Crippen molar-refractivity contribution in [1.82, 2.24) is 5.32 Å². The van der Waals surface area contributed by atoms with Gasteiger partial charge < -0.3 is 10.4 Å². The monoisotopic (exact) mass is 203 g/mol. The van der Waals surface area contributed by atoms with Crippen LogP contribution in [0.4, 0.5) is 0 Å². The van der Waals surface area contributed by atoms with E-state index in [4.69, 9.17) is 0 Å². The summed E-state index contributed by atoms with van der Waals surface area (Å²) in [7, 11) is 1.96. The lowest BCUT2D eigenvalue weighted by molar-refractivity contribution is 0.0921. The molecule has 2 nitrogen and oxygen atoms in total. The Bertz CT molecular complexity index is 126. The van der Waals surface area contributed by atoms with E-state index in [2.05, 4.69) is 5.32 Å². The van der Waals surface area contributed by atoms with Crippen molar-refractivity contribution in [3.8, 4) is 0 Å². The summed E-state index contributed by atoms with van der Waals surface area (Å²) in [5, 5.41) is 13.0. The van der Waals surface area contributed by atoms with Gasteiger partial charge in [0.25, 0.3) is 0 Å². The Labute approximate surface area is 85.5 Å². The van der Waals surface area contributed by atoms with Gasteiger partial charge in [-0.1, -0.05) is 0 Å². The maximum absolute atomic E-state index is 9.86. The van der Waals surface area contributed by atoms with Crippen LogP contribution in [0.15, 0.2) is 0 Å². The molecule has 1 unspecified atom stereocenters. The fourth-order valence-electron chi connectivity index (χ4n) is 1.82. The highest BCUT2D eigenvalue weighted by molar-refractivity contribution is 7.99. The molecule has 1 heterocycles. The Hall–Kier alpha value is 0.270. The molecule has 78 valence electrons. The lowest BCUT2D eigenvalue weighted by Crippen LogP contribution is -2.25. The maximum atomic E-state index is 9.86. The second kappa shape index (κ2) is 6.68. The van der Waals surface area contributed by atoms with Gasteiger partial charge in [-0.2, -0.15) is 11.8 Å². The van der Waals surface area contributed by atoms with E-state index in [1.165, 1.54) is 24.3 Å². The molecule has 3 heteroatoms. The molecule has 1 saturated heterocycles. The van der Waals surface area contributed by atoms with Gasteiger partial charge in [0.1, 0.15) is 0 Å². The zero-order chi connectivity index (χ0) is 9.52. The fraction of sp³-hybridized carbons (Fsp3) is 1.00. The topological polar surface area (TPSA) is 32.3 Å².